The maximum atomic E-state index is 14.5. The summed E-state index contributed by atoms with van der Waals surface area (Å²) in [6.45, 7) is 2.63. The van der Waals surface area contributed by atoms with Crippen molar-refractivity contribution < 1.29 is 23.5 Å². The Bertz CT molecular complexity index is 749. The molecule has 1 atom stereocenters. The maximum Gasteiger partial charge on any atom is 0.415 e. The Morgan fingerprint density at radius 3 is 2.84 bits per heavy atom. The quantitative estimate of drug-likeness (QED) is 0.895. The molecule has 0 aliphatic carbocycles. The number of carbonyl (C=O) groups is 3. The number of rotatable bonds is 4. The third-order valence-electron chi connectivity index (χ3n) is 4.05. The van der Waals surface area contributed by atoms with Gasteiger partial charge in [-0.05, 0) is 31.2 Å². The lowest BCUT2D eigenvalue weighted by atomic mass is 10.1. The van der Waals surface area contributed by atoms with Crippen LogP contribution in [0, 0.1) is 5.82 Å². The Morgan fingerprint density at radius 1 is 1.40 bits per heavy atom. The van der Waals surface area contributed by atoms with Crippen molar-refractivity contribution in [1.29, 1.82) is 0 Å². The monoisotopic (exact) mass is 347 g/mol. The SMILES string of the molecule is CCNC(=O)[C@H]1CN(c2ccc(N3C=CC(=O)CC3)c(F)c2)C(=O)O1. The van der Waals surface area contributed by atoms with Gasteiger partial charge in [0.15, 0.2) is 11.9 Å². The van der Waals surface area contributed by atoms with Crippen LogP contribution in [-0.4, -0.2) is 43.5 Å². The zero-order chi connectivity index (χ0) is 18.0. The Hall–Kier alpha value is -2.90. The smallest absolute Gasteiger partial charge is 0.415 e. The third kappa shape index (κ3) is 3.47. The molecule has 2 amide bonds. The van der Waals surface area contributed by atoms with Crippen LogP contribution in [0.25, 0.3) is 0 Å². The maximum absolute atomic E-state index is 14.5. The minimum Gasteiger partial charge on any atom is -0.434 e. The number of amides is 2. The Balaban J connectivity index is 1.77. The molecule has 0 radical (unpaired) electrons. The second-order valence-corrected chi connectivity index (χ2v) is 5.74. The number of nitrogens with zero attached hydrogens (tertiary/aromatic N) is 2. The number of benzene rings is 1. The van der Waals surface area contributed by atoms with E-state index < -0.39 is 18.0 Å². The van der Waals surface area contributed by atoms with Crippen molar-refractivity contribution in [2.45, 2.75) is 19.4 Å². The molecule has 1 fully saturated rings. The predicted octanol–water partition coefficient (Wildman–Crippen LogP) is 1.58. The number of halogens is 1. The first-order valence-electron chi connectivity index (χ1n) is 8.02. The molecule has 7 nitrogen and oxygen atoms in total. The van der Waals surface area contributed by atoms with Crippen molar-refractivity contribution in [3.8, 4) is 0 Å². The predicted molar refractivity (Wildman–Crippen MR) is 88.8 cm³/mol. The molecule has 2 aliphatic rings. The molecule has 132 valence electrons. The normalized spacial score (nSPS) is 20.0. The lowest BCUT2D eigenvalue weighted by Crippen LogP contribution is -2.37. The number of nitrogens with one attached hydrogen (secondary N) is 1. The molecule has 0 bridgehead atoms. The van der Waals surface area contributed by atoms with E-state index in [9.17, 15) is 18.8 Å². The Labute approximate surface area is 144 Å². The van der Waals surface area contributed by atoms with Crippen LogP contribution in [0.5, 0.6) is 0 Å². The van der Waals surface area contributed by atoms with E-state index in [0.717, 1.165) is 0 Å². The fourth-order valence-corrected chi connectivity index (χ4v) is 2.76. The second-order valence-electron chi connectivity index (χ2n) is 5.74. The van der Waals surface area contributed by atoms with Gasteiger partial charge in [0.2, 0.25) is 0 Å². The van der Waals surface area contributed by atoms with E-state index in [-0.39, 0.29) is 18.2 Å². The number of likely N-dealkylation sites (N-methyl/N-ethyl adjacent to an activating group) is 1. The van der Waals surface area contributed by atoms with Gasteiger partial charge in [-0.3, -0.25) is 14.5 Å². The van der Waals surface area contributed by atoms with Gasteiger partial charge >= 0.3 is 6.09 Å². The number of hydrogen-bond donors (Lipinski definition) is 1. The van der Waals surface area contributed by atoms with Crippen LogP contribution in [-0.2, 0) is 14.3 Å². The first-order chi connectivity index (χ1) is 12.0. The van der Waals surface area contributed by atoms with Crippen molar-refractivity contribution in [2.24, 2.45) is 0 Å². The first kappa shape index (κ1) is 16.9. The van der Waals surface area contributed by atoms with E-state index in [2.05, 4.69) is 5.32 Å². The highest BCUT2D eigenvalue weighted by molar-refractivity contribution is 5.96. The molecule has 0 aromatic heterocycles. The summed E-state index contributed by atoms with van der Waals surface area (Å²) in [7, 11) is 0. The van der Waals surface area contributed by atoms with Gasteiger partial charge in [0.05, 0.1) is 17.9 Å². The third-order valence-corrected chi connectivity index (χ3v) is 4.05. The highest BCUT2D eigenvalue weighted by Gasteiger charge is 2.37. The van der Waals surface area contributed by atoms with Crippen LogP contribution < -0.4 is 15.1 Å². The van der Waals surface area contributed by atoms with Crippen molar-refractivity contribution in [3.05, 3.63) is 36.3 Å². The summed E-state index contributed by atoms with van der Waals surface area (Å²) < 4.78 is 19.5. The van der Waals surface area contributed by atoms with E-state index in [1.165, 1.54) is 23.1 Å². The van der Waals surface area contributed by atoms with Crippen molar-refractivity contribution in [2.75, 3.05) is 29.4 Å². The molecule has 1 aromatic rings. The molecule has 0 unspecified atom stereocenters. The van der Waals surface area contributed by atoms with E-state index in [0.29, 0.717) is 30.9 Å². The van der Waals surface area contributed by atoms with Crippen LogP contribution in [0.4, 0.5) is 20.6 Å². The molecule has 1 saturated heterocycles. The molecule has 25 heavy (non-hydrogen) atoms. The number of allylic oxidation sites excluding steroid dienone is 1. The van der Waals surface area contributed by atoms with Crippen molar-refractivity contribution in [1.82, 2.24) is 5.32 Å². The standard InChI is InChI=1S/C17H18FN3O4/c1-2-19-16(23)15-10-21(17(24)25-15)11-3-4-14(13(18)9-11)20-7-5-12(22)6-8-20/h3-5,7,9,15H,2,6,8,10H2,1H3,(H,19,23)/t15-/m1/s1. The van der Waals surface area contributed by atoms with Crippen LogP contribution in [0.1, 0.15) is 13.3 Å². The molecule has 2 aliphatic heterocycles. The summed E-state index contributed by atoms with van der Waals surface area (Å²) in [5, 5.41) is 2.59. The van der Waals surface area contributed by atoms with Crippen LogP contribution >= 0.6 is 0 Å². The number of cyclic esters (lactones) is 1. The Kier molecular flexibility index (Phi) is 4.69. The average molecular weight is 347 g/mol. The summed E-state index contributed by atoms with van der Waals surface area (Å²) in [4.78, 5) is 37.8. The van der Waals surface area contributed by atoms with Crippen LogP contribution in [0.2, 0.25) is 0 Å². The topological polar surface area (TPSA) is 79.0 Å². The highest BCUT2D eigenvalue weighted by atomic mass is 19.1. The van der Waals surface area contributed by atoms with Gasteiger partial charge in [-0.1, -0.05) is 0 Å². The molecular formula is C17H18FN3O4. The molecule has 2 heterocycles. The van der Waals surface area contributed by atoms with Crippen molar-refractivity contribution in [3.63, 3.8) is 0 Å². The number of hydrogen-bond acceptors (Lipinski definition) is 5. The minimum atomic E-state index is -0.911. The van der Waals surface area contributed by atoms with Crippen molar-refractivity contribution >= 4 is 29.2 Å². The van der Waals surface area contributed by atoms with Crippen LogP contribution in [0.15, 0.2) is 30.5 Å². The number of ether oxygens (including phenoxy) is 1. The van der Waals surface area contributed by atoms with Gasteiger partial charge in [0.25, 0.3) is 5.91 Å². The highest BCUT2D eigenvalue weighted by Crippen LogP contribution is 2.29. The molecule has 1 aromatic carbocycles. The summed E-state index contributed by atoms with van der Waals surface area (Å²) in [6, 6.07) is 4.35. The summed E-state index contributed by atoms with van der Waals surface area (Å²) in [6.07, 6.45) is 1.67. The van der Waals surface area contributed by atoms with Gasteiger partial charge in [-0.25, -0.2) is 9.18 Å². The number of carbonyl (C=O) groups excluding carboxylic acids is 3. The lowest BCUT2D eigenvalue weighted by Gasteiger charge is -2.24. The van der Waals surface area contributed by atoms with Gasteiger partial charge in [0.1, 0.15) is 5.82 Å². The minimum absolute atomic E-state index is 0.00416. The lowest BCUT2D eigenvalue weighted by molar-refractivity contribution is -0.127. The molecule has 1 N–H and O–H groups in total. The summed E-state index contributed by atoms with van der Waals surface area (Å²) in [5.41, 5.74) is 0.635. The van der Waals surface area contributed by atoms with Gasteiger partial charge in [0, 0.05) is 25.7 Å². The first-order valence-corrected chi connectivity index (χ1v) is 8.02. The Morgan fingerprint density at radius 2 is 2.20 bits per heavy atom. The van der Waals surface area contributed by atoms with E-state index in [1.807, 2.05) is 0 Å². The molecular weight excluding hydrogens is 329 g/mol. The van der Waals surface area contributed by atoms with Gasteiger partial charge in [-0.2, -0.15) is 0 Å². The van der Waals surface area contributed by atoms with Gasteiger partial charge < -0.3 is 15.0 Å². The van der Waals surface area contributed by atoms with Gasteiger partial charge in [-0.15, -0.1) is 0 Å². The zero-order valence-electron chi connectivity index (χ0n) is 13.7. The largest absolute Gasteiger partial charge is 0.434 e. The number of anilines is 2. The van der Waals surface area contributed by atoms with E-state index >= 15 is 0 Å². The molecule has 8 heteroatoms. The van der Waals surface area contributed by atoms with Crippen LogP contribution in [0.3, 0.4) is 0 Å². The zero-order valence-corrected chi connectivity index (χ0v) is 13.7. The second kappa shape index (κ2) is 6.92. The summed E-state index contributed by atoms with van der Waals surface area (Å²) in [5.74, 6) is -0.895. The number of ketones is 1. The summed E-state index contributed by atoms with van der Waals surface area (Å²) >= 11 is 0. The fraction of sp³-hybridized carbons (Fsp3) is 0.353. The molecule has 3 rings (SSSR count). The molecule has 0 spiro atoms. The van der Waals surface area contributed by atoms with E-state index in [1.54, 1.807) is 24.1 Å². The fourth-order valence-electron chi connectivity index (χ4n) is 2.76. The van der Waals surface area contributed by atoms with E-state index in [4.69, 9.17) is 4.74 Å². The molecule has 0 saturated carbocycles. The average Bonchev–Trinajstić information content (AvgIpc) is 2.98.